The van der Waals surface area contributed by atoms with Gasteiger partial charge < -0.3 is 10.5 Å². The standard InChI is InChI=1S/C11H12ClNO2/c12-9(11(13)14)6-7-1-2-10-8(5-7)3-4-15-10/h1-2,5,9H,3-4,6H2,(H2,13,14). The van der Waals surface area contributed by atoms with E-state index in [1.54, 1.807) is 0 Å². The highest BCUT2D eigenvalue weighted by Gasteiger charge is 2.15. The van der Waals surface area contributed by atoms with E-state index in [-0.39, 0.29) is 0 Å². The molecule has 0 spiro atoms. The van der Waals surface area contributed by atoms with Crippen LogP contribution in [0.2, 0.25) is 0 Å². The van der Waals surface area contributed by atoms with Crippen LogP contribution in [-0.4, -0.2) is 17.9 Å². The third-order valence-corrected chi connectivity index (χ3v) is 2.85. The average Bonchev–Trinajstić information content (AvgIpc) is 2.64. The van der Waals surface area contributed by atoms with Gasteiger partial charge in [-0.15, -0.1) is 11.6 Å². The van der Waals surface area contributed by atoms with Crippen LogP contribution in [0.4, 0.5) is 0 Å². The molecule has 1 amide bonds. The Hall–Kier alpha value is -1.22. The minimum atomic E-state index is -0.634. The van der Waals surface area contributed by atoms with Crippen molar-refractivity contribution in [1.82, 2.24) is 0 Å². The summed E-state index contributed by atoms with van der Waals surface area (Å²) in [6.07, 6.45) is 1.40. The molecule has 1 aliphatic rings. The van der Waals surface area contributed by atoms with Crippen molar-refractivity contribution in [3.05, 3.63) is 29.3 Å². The molecule has 80 valence electrons. The molecule has 1 heterocycles. The summed E-state index contributed by atoms with van der Waals surface area (Å²) >= 11 is 5.80. The van der Waals surface area contributed by atoms with Gasteiger partial charge in [-0.2, -0.15) is 0 Å². The fraction of sp³-hybridized carbons (Fsp3) is 0.364. The second-order valence-corrected chi connectivity index (χ2v) is 4.14. The highest BCUT2D eigenvalue weighted by atomic mass is 35.5. The van der Waals surface area contributed by atoms with Crippen LogP contribution in [-0.2, 0) is 17.6 Å². The van der Waals surface area contributed by atoms with Gasteiger partial charge in [-0.05, 0) is 23.6 Å². The highest BCUT2D eigenvalue weighted by molar-refractivity contribution is 6.30. The largest absolute Gasteiger partial charge is 0.493 e. The first-order valence-corrected chi connectivity index (χ1v) is 5.28. The molecule has 0 radical (unpaired) electrons. The van der Waals surface area contributed by atoms with Crippen LogP contribution in [0.1, 0.15) is 11.1 Å². The molecular weight excluding hydrogens is 214 g/mol. The Labute approximate surface area is 93.2 Å². The number of nitrogens with two attached hydrogens (primary N) is 1. The number of halogens is 1. The zero-order chi connectivity index (χ0) is 10.8. The predicted molar refractivity (Wildman–Crippen MR) is 58.2 cm³/mol. The molecule has 0 saturated carbocycles. The minimum absolute atomic E-state index is 0.476. The molecule has 2 N–H and O–H groups in total. The molecule has 0 fully saturated rings. The molecule has 0 aliphatic carbocycles. The summed E-state index contributed by atoms with van der Waals surface area (Å²) in [5.74, 6) is 0.456. The second-order valence-electron chi connectivity index (χ2n) is 3.61. The number of hydrogen-bond donors (Lipinski definition) is 1. The Balaban J connectivity index is 2.13. The van der Waals surface area contributed by atoms with Gasteiger partial charge in [0.2, 0.25) is 5.91 Å². The monoisotopic (exact) mass is 225 g/mol. The van der Waals surface area contributed by atoms with E-state index in [4.69, 9.17) is 22.1 Å². The molecule has 3 nitrogen and oxygen atoms in total. The maximum Gasteiger partial charge on any atom is 0.235 e. The molecule has 1 aromatic rings. The van der Waals surface area contributed by atoms with Crippen LogP contribution in [0, 0.1) is 0 Å². The third-order valence-electron chi connectivity index (χ3n) is 2.48. The maximum atomic E-state index is 10.8. The predicted octanol–water partition coefficient (Wildman–Crippen LogP) is 1.26. The van der Waals surface area contributed by atoms with Gasteiger partial charge in [-0.1, -0.05) is 12.1 Å². The van der Waals surface area contributed by atoms with Gasteiger partial charge in [-0.25, -0.2) is 0 Å². The molecule has 1 unspecified atom stereocenters. The van der Waals surface area contributed by atoms with E-state index in [9.17, 15) is 4.79 Å². The Morgan fingerprint density at radius 2 is 2.40 bits per heavy atom. The first kappa shape index (κ1) is 10.3. The van der Waals surface area contributed by atoms with Crippen molar-refractivity contribution in [2.24, 2.45) is 5.73 Å². The number of carbonyl (C=O) groups excluding carboxylic acids is 1. The fourth-order valence-electron chi connectivity index (χ4n) is 1.67. The van der Waals surface area contributed by atoms with Crippen molar-refractivity contribution in [2.75, 3.05) is 6.61 Å². The van der Waals surface area contributed by atoms with E-state index in [0.717, 1.165) is 24.3 Å². The van der Waals surface area contributed by atoms with Crippen LogP contribution < -0.4 is 10.5 Å². The van der Waals surface area contributed by atoms with Gasteiger partial charge >= 0.3 is 0 Å². The van der Waals surface area contributed by atoms with Gasteiger partial charge in [0, 0.05) is 6.42 Å². The Morgan fingerprint density at radius 1 is 1.60 bits per heavy atom. The number of benzene rings is 1. The number of alkyl halides is 1. The van der Waals surface area contributed by atoms with Crippen molar-refractivity contribution < 1.29 is 9.53 Å². The van der Waals surface area contributed by atoms with E-state index in [0.29, 0.717) is 6.42 Å². The lowest BCUT2D eigenvalue weighted by atomic mass is 10.0. The molecule has 15 heavy (non-hydrogen) atoms. The van der Waals surface area contributed by atoms with Crippen LogP contribution in [0.15, 0.2) is 18.2 Å². The number of rotatable bonds is 3. The smallest absolute Gasteiger partial charge is 0.235 e. The number of hydrogen-bond acceptors (Lipinski definition) is 2. The molecule has 0 aromatic heterocycles. The molecule has 0 saturated heterocycles. The summed E-state index contributed by atoms with van der Waals surface area (Å²) in [6, 6.07) is 5.87. The van der Waals surface area contributed by atoms with Crippen molar-refractivity contribution in [1.29, 1.82) is 0 Å². The van der Waals surface area contributed by atoms with Crippen molar-refractivity contribution in [2.45, 2.75) is 18.2 Å². The lowest BCUT2D eigenvalue weighted by molar-refractivity contribution is -0.117. The van der Waals surface area contributed by atoms with Crippen LogP contribution in [0.3, 0.4) is 0 Å². The molecule has 2 rings (SSSR count). The quantitative estimate of drug-likeness (QED) is 0.788. The minimum Gasteiger partial charge on any atom is -0.493 e. The zero-order valence-corrected chi connectivity index (χ0v) is 8.96. The van der Waals surface area contributed by atoms with Crippen LogP contribution in [0.5, 0.6) is 5.75 Å². The molecule has 0 bridgehead atoms. The van der Waals surface area contributed by atoms with Gasteiger partial charge in [0.25, 0.3) is 0 Å². The van der Waals surface area contributed by atoms with Gasteiger partial charge in [0.15, 0.2) is 0 Å². The Morgan fingerprint density at radius 3 is 3.13 bits per heavy atom. The lowest BCUT2D eigenvalue weighted by Crippen LogP contribution is -2.25. The van der Waals surface area contributed by atoms with E-state index >= 15 is 0 Å². The Kier molecular flexibility index (Phi) is 2.82. The van der Waals surface area contributed by atoms with Crippen molar-refractivity contribution in [3.63, 3.8) is 0 Å². The topological polar surface area (TPSA) is 52.3 Å². The summed E-state index contributed by atoms with van der Waals surface area (Å²) < 4.78 is 5.38. The number of primary amides is 1. The van der Waals surface area contributed by atoms with E-state index < -0.39 is 11.3 Å². The number of carbonyl (C=O) groups is 1. The SMILES string of the molecule is NC(=O)C(Cl)Cc1ccc2c(c1)CCO2. The first-order valence-electron chi connectivity index (χ1n) is 4.85. The summed E-state index contributed by atoms with van der Waals surface area (Å²) in [5, 5.41) is -0.634. The van der Waals surface area contributed by atoms with E-state index in [2.05, 4.69) is 0 Å². The number of amides is 1. The first-order chi connectivity index (χ1) is 7.16. The third kappa shape index (κ3) is 2.23. The van der Waals surface area contributed by atoms with Gasteiger partial charge in [0.1, 0.15) is 11.1 Å². The summed E-state index contributed by atoms with van der Waals surface area (Å²) in [7, 11) is 0. The normalized spacial score (nSPS) is 15.5. The van der Waals surface area contributed by atoms with Crippen molar-refractivity contribution >= 4 is 17.5 Å². The molecule has 4 heteroatoms. The Bertz CT molecular complexity index is 392. The zero-order valence-electron chi connectivity index (χ0n) is 8.20. The number of ether oxygens (including phenoxy) is 1. The molecular formula is C11H12ClNO2. The molecule has 1 atom stereocenters. The van der Waals surface area contributed by atoms with E-state index in [1.807, 2.05) is 18.2 Å². The number of fused-ring (bicyclic) bond motifs is 1. The van der Waals surface area contributed by atoms with Crippen molar-refractivity contribution in [3.8, 4) is 5.75 Å². The summed E-state index contributed by atoms with van der Waals surface area (Å²) in [5.41, 5.74) is 7.31. The average molecular weight is 226 g/mol. The van der Waals surface area contributed by atoms with Gasteiger partial charge in [-0.3, -0.25) is 4.79 Å². The lowest BCUT2D eigenvalue weighted by Gasteiger charge is -2.06. The second kappa shape index (κ2) is 4.11. The molecule has 1 aromatic carbocycles. The van der Waals surface area contributed by atoms with Gasteiger partial charge in [0.05, 0.1) is 6.61 Å². The van der Waals surface area contributed by atoms with E-state index in [1.165, 1.54) is 5.56 Å². The maximum absolute atomic E-state index is 10.8. The fourth-order valence-corrected chi connectivity index (χ4v) is 1.85. The summed E-state index contributed by atoms with van der Waals surface area (Å²) in [4.78, 5) is 10.8. The van der Waals surface area contributed by atoms with Crippen LogP contribution in [0.25, 0.3) is 0 Å². The molecule has 1 aliphatic heterocycles. The van der Waals surface area contributed by atoms with Crippen LogP contribution >= 0.6 is 11.6 Å². The summed E-state index contributed by atoms with van der Waals surface area (Å²) in [6.45, 7) is 0.735. The highest BCUT2D eigenvalue weighted by Crippen LogP contribution is 2.26.